The van der Waals surface area contributed by atoms with E-state index < -0.39 is 5.41 Å². The molecule has 1 fully saturated rings. The predicted octanol–water partition coefficient (Wildman–Crippen LogP) is 1.59. The summed E-state index contributed by atoms with van der Waals surface area (Å²) in [5.41, 5.74) is 0.672. The van der Waals surface area contributed by atoms with E-state index in [1.165, 1.54) is 0 Å². The Kier molecular flexibility index (Phi) is 2.73. The highest BCUT2D eigenvalue weighted by molar-refractivity contribution is 5.87. The van der Waals surface area contributed by atoms with Crippen molar-refractivity contribution in [3.05, 3.63) is 36.1 Å². The second-order valence-corrected chi connectivity index (χ2v) is 4.63. The zero-order chi connectivity index (χ0) is 13.3. The summed E-state index contributed by atoms with van der Waals surface area (Å²) in [6, 6.07) is 9.64. The number of carbonyl (C=O) groups is 1. The topological polar surface area (TPSA) is 75.3 Å². The number of hydrogen-bond donors (Lipinski definition) is 1. The number of benzene rings is 1. The molecule has 0 aliphatic carbocycles. The summed E-state index contributed by atoms with van der Waals surface area (Å²) >= 11 is 0. The molecule has 0 atom stereocenters. The van der Waals surface area contributed by atoms with Crippen LogP contribution in [0.3, 0.4) is 0 Å². The Morgan fingerprint density at radius 2 is 2.21 bits per heavy atom. The summed E-state index contributed by atoms with van der Waals surface area (Å²) in [4.78, 5) is 12.0. The van der Waals surface area contributed by atoms with Gasteiger partial charge >= 0.3 is 0 Å². The SMILES string of the molecule is N#CC1(C(=O)NCc2coc3ccccc23)COC1. The largest absolute Gasteiger partial charge is 0.464 e. The van der Waals surface area contributed by atoms with Gasteiger partial charge in [0.1, 0.15) is 5.58 Å². The van der Waals surface area contributed by atoms with Gasteiger partial charge in [0, 0.05) is 17.5 Å². The number of ether oxygens (including phenoxy) is 1. The van der Waals surface area contributed by atoms with E-state index in [2.05, 4.69) is 5.32 Å². The van der Waals surface area contributed by atoms with Crippen LogP contribution in [0.4, 0.5) is 0 Å². The lowest BCUT2D eigenvalue weighted by Crippen LogP contribution is -2.52. The first-order chi connectivity index (χ1) is 9.25. The van der Waals surface area contributed by atoms with E-state index in [4.69, 9.17) is 14.4 Å². The van der Waals surface area contributed by atoms with Crippen LogP contribution in [0.25, 0.3) is 11.0 Å². The van der Waals surface area contributed by atoms with E-state index in [1.807, 2.05) is 30.3 Å². The Hall–Kier alpha value is -2.32. The zero-order valence-electron chi connectivity index (χ0n) is 10.2. The van der Waals surface area contributed by atoms with Gasteiger partial charge in [-0.2, -0.15) is 5.26 Å². The molecule has 1 N–H and O–H groups in total. The van der Waals surface area contributed by atoms with Crippen LogP contribution in [0.2, 0.25) is 0 Å². The maximum absolute atomic E-state index is 12.0. The van der Waals surface area contributed by atoms with Gasteiger partial charge in [0.05, 0.1) is 25.5 Å². The van der Waals surface area contributed by atoms with Crippen molar-refractivity contribution in [3.8, 4) is 6.07 Å². The minimum Gasteiger partial charge on any atom is -0.464 e. The molecule has 1 aromatic heterocycles. The minimum atomic E-state index is -1.01. The average molecular weight is 256 g/mol. The monoisotopic (exact) mass is 256 g/mol. The number of furan rings is 1. The van der Waals surface area contributed by atoms with Crippen LogP contribution in [-0.4, -0.2) is 19.1 Å². The molecule has 1 saturated heterocycles. The van der Waals surface area contributed by atoms with Crippen LogP contribution in [0.5, 0.6) is 0 Å². The number of carbonyl (C=O) groups excluding carboxylic acids is 1. The van der Waals surface area contributed by atoms with Crippen LogP contribution in [0.15, 0.2) is 34.9 Å². The summed E-state index contributed by atoms with van der Waals surface area (Å²) in [6.07, 6.45) is 1.63. The van der Waals surface area contributed by atoms with E-state index in [-0.39, 0.29) is 19.1 Å². The average Bonchev–Trinajstić information content (AvgIpc) is 2.79. The molecule has 0 spiro atoms. The molecule has 19 heavy (non-hydrogen) atoms. The molecule has 1 aromatic carbocycles. The molecule has 0 saturated carbocycles. The van der Waals surface area contributed by atoms with Crippen molar-refractivity contribution in [2.24, 2.45) is 5.41 Å². The summed E-state index contributed by atoms with van der Waals surface area (Å²) < 4.78 is 10.3. The van der Waals surface area contributed by atoms with Crippen LogP contribution in [-0.2, 0) is 16.1 Å². The molecule has 2 aromatic rings. The third kappa shape index (κ3) is 1.86. The van der Waals surface area contributed by atoms with Crippen LogP contribution >= 0.6 is 0 Å². The fourth-order valence-electron chi connectivity index (χ4n) is 2.07. The lowest BCUT2D eigenvalue weighted by molar-refractivity contribution is -0.150. The van der Waals surface area contributed by atoms with Crippen molar-refractivity contribution in [1.29, 1.82) is 5.26 Å². The van der Waals surface area contributed by atoms with Crippen molar-refractivity contribution in [2.75, 3.05) is 13.2 Å². The van der Waals surface area contributed by atoms with E-state index in [1.54, 1.807) is 6.26 Å². The Labute approximate surface area is 109 Å². The van der Waals surface area contributed by atoms with E-state index in [9.17, 15) is 4.79 Å². The fourth-order valence-corrected chi connectivity index (χ4v) is 2.07. The molecule has 2 heterocycles. The van der Waals surface area contributed by atoms with E-state index in [0.29, 0.717) is 6.54 Å². The number of nitrogens with one attached hydrogen (secondary N) is 1. The number of fused-ring (bicyclic) bond motifs is 1. The van der Waals surface area contributed by atoms with E-state index in [0.717, 1.165) is 16.5 Å². The molecule has 1 aliphatic rings. The van der Waals surface area contributed by atoms with Gasteiger partial charge < -0.3 is 14.5 Å². The third-order valence-corrected chi connectivity index (χ3v) is 3.35. The number of hydrogen-bond acceptors (Lipinski definition) is 4. The van der Waals surface area contributed by atoms with Gasteiger partial charge in [0.25, 0.3) is 0 Å². The van der Waals surface area contributed by atoms with Crippen molar-refractivity contribution < 1.29 is 13.9 Å². The first-order valence-corrected chi connectivity index (χ1v) is 5.98. The molecule has 1 amide bonds. The number of amides is 1. The Morgan fingerprint density at radius 1 is 1.42 bits per heavy atom. The highest BCUT2D eigenvalue weighted by atomic mass is 16.5. The van der Waals surface area contributed by atoms with E-state index >= 15 is 0 Å². The highest BCUT2D eigenvalue weighted by Crippen LogP contribution is 2.27. The van der Waals surface area contributed by atoms with Crippen LogP contribution in [0.1, 0.15) is 5.56 Å². The maximum Gasteiger partial charge on any atom is 0.245 e. The lowest BCUT2D eigenvalue weighted by Gasteiger charge is -2.33. The molecule has 5 nitrogen and oxygen atoms in total. The zero-order valence-corrected chi connectivity index (χ0v) is 10.2. The molecule has 0 bridgehead atoms. The summed E-state index contributed by atoms with van der Waals surface area (Å²) in [5.74, 6) is -0.286. The maximum atomic E-state index is 12.0. The molecule has 5 heteroatoms. The first-order valence-electron chi connectivity index (χ1n) is 5.98. The molecule has 96 valence electrons. The second kappa shape index (κ2) is 4.41. The van der Waals surface area contributed by atoms with Crippen molar-refractivity contribution in [3.63, 3.8) is 0 Å². The number of rotatable bonds is 3. The minimum absolute atomic E-state index is 0.168. The van der Waals surface area contributed by atoms with Gasteiger partial charge in [-0.15, -0.1) is 0 Å². The normalized spacial score (nSPS) is 16.6. The van der Waals surface area contributed by atoms with Crippen molar-refractivity contribution >= 4 is 16.9 Å². The van der Waals surface area contributed by atoms with Gasteiger partial charge in [-0.1, -0.05) is 18.2 Å². The van der Waals surface area contributed by atoms with Gasteiger partial charge in [-0.25, -0.2) is 0 Å². The molecule has 3 rings (SSSR count). The highest BCUT2D eigenvalue weighted by Gasteiger charge is 2.46. The Morgan fingerprint density at radius 3 is 2.89 bits per heavy atom. The van der Waals surface area contributed by atoms with Crippen molar-refractivity contribution in [2.45, 2.75) is 6.54 Å². The number of nitriles is 1. The van der Waals surface area contributed by atoms with Gasteiger partial charge in [-0.05, 0) is 6.07 Å². The second-order valence-electron chi connectivity index (χ2n) is 4.63. The third-order valence-electron chi connectivity index (χ3n) is 3.35. The molecule has 0 unspecified atom stereocenters. The molecular formula is C14H12N2O3. The number of nitrogens with zero attached hydrogens (tertiary/aromatic N) is 1. The standard InChI is InChI=1S/C14H12N2O3/c15-7-14(8-18-9-14)13(17)16-5-10-6-19-12-4-2-1-3-11(10)12/h1-4,6H,5,8-9H2,(H,16,17). The smallest absolute Gasteiger partial charge is 0.245 e. The lowest BCUT2D eigenvalue weighted by atomic mass is 9.87. The van der Waals surface area contributed by atoms with Crippen molar-refractivity contribution in [1.82, 2.24) is 5.32 Å². The molecule has 0 radical (unpaired) electrons. The summed E-state index contributed by atoms with van der Waals surface area (Å²) in [5, 5.41) is 12.8. The Balaban J connectivity index is 1.73. The summed E-state index contributed by atoms with van der Waals surface area (Å²) in [7, 11) is 0. The van der Waals surface area contributed by atoms with Gasteiger partial charge in [0.15, 0.2) is 5.41 Å². The Bertz CT molecular complexity index is 665. The van der Waals surface area contributed by atoms with Gasteiger partial charge in [-0.3, -0.25) is 4.79 Å². The van der Waals surface area contributed by atoms with Gasteiger partial charge in [0.2, 0.25) is 5.91 Å². The fraction of sp³-hybridized carbons (Fsp3) is 0.286. The first kappa shape index (κ1) is 11.8. The quantitative estimate of drug-likeness (QED) is 0.904. The van der Waals surface area contributed by atoms with Crippen LogP contribution < -0.4 is 5.32 Å². The van der Waals surface area contributed by atoms with Crippen LogP contribution in [0, 0.1) is 16.7 Å². The predicted molar refractivity (Wildman–Crippen MR) is 66.9 cm³/mol. The molecular weight excluding hydrogens is 244 g/mol. The summed E-state index contributed by atoms with van der Waals surface area (Å²) in [6.45, 7) is 0.683. The number of para-hydroxylation sites is 1. The molecule has 1 aliphatic heterocycles.